The number of carbonyl (C=O) groups is 2. The van der Waals surface area contributed by atoms with Crippen molar-refractivity contribution in [3.8, 4) is 0 Å². The van der Waals surface area contributed by atoms with Gasteiger partial charge < -0.3 is 15.2 Å². The third-order valence-corrected chi connectivity index (χ3v) is 3.40. The zero-order valence-electron chi connectivity index (χ0n) is 12.0. The normalized spacial score (nSPS) is 18.2. The molecule has 1 atom stereocenters. The molecule has 1 aliphatic heterocycles. The highest BCUT2D eigenvalue weighted by Gasteiger charge is 2.24. The van der Waals surface area contributed by atoms with Crippen LogP contribution in [0.4, 0.5) is 10.5 Å². The molecule has 6 heteroatoms. The molecule has 0 spiro atoms. The van der Waals surface area contributed by atoms with Crippen molar-refractivity contribution in [1.82, 2.24) is 5.32 Å². The molecular formula is C15H18N2O4. The molecule has 0 aliphatic carbocycles. The zero-order valence-corrected chi connectivity index (χ0v) is 12.0. The summed E-state index contributed by atoms with van der Waals surface area (Å²) in [6.45, 7) is 2.50. The number of carbonyl (C=O) groups excluding carboxylic acids is 1. The van der Waals surface area contributed by atoms with E-state index in [1.54, 1.807) is 25.4 Å². The molecule has 0 saturated heterocycles. The van der Waals surface area contributed by atoms with Crippen LogP contribution in [0.1, 0.15) is 23.7 Å². The number of nitrogens with one attached hydrogen (secondary N) is 1. The van der Waals surface area contributed by atoms with Crippen molar-refractivity contribution in [3.63, 3.8) is 0 Å². The van der Waals surface area contributed by atoms with Crippen LogP contribution in [0.5, 0.6) is 0 Å². The maximum atomic E-state index is 12.1. The summed E-state index contributed by atoms with van der Waals surface area (Å²) in [6, 6.07) is 5.92. The van der Waals surface area contributed by atoms with Gasteiger partial charge in [-0.2, -0.15) is 0 Å². The van der Waals surface area contributed by atoms with Gasteiger partial charge >= 0.3 is 12.0 Å². The molecule has 6 nitrogen and oxygen atoms in total. The summed E-state index contributed by atoms with van der Waals surface area (Å²) in [5, 5.41) is 11.8. The van der Waals surface area contributed by atoms with Crippen molar-refractivity contribution in [2.24, 2.45) is 0 Å². The number of methoxy groups -OCH3 is 1. The van der Waals surface area contributed by atoms with Gasteiger partial charge in [-0.05, 0) is 43.2 Å². The standard InChI is InChI=1S/C15H18N2O4/c1-10-12(7-8-21-2)9-17(15(20)16-10)13-5-3-11(4-6-13)14(18)19/h3-6,9-10H,7-8H2,1-2H3,(H,16,20)(H,18,19)/t10-/m1/s1. The Balaban J connectivity index is 2.25. The second-order valence-corrected chi connectivity index (χ2v) is 4.84. The Morgan fingerprint density at radius 1 is 1.38 bits per heavy atom. The van der Waals surface area contributed by atoms with Gasteiger partial charge in [-0.25, -0.2) is 9.59 Å². The minimum Gasteiger partial charge on any atom is -0.478 e. The highest BCUT2D eigenvalue weighted by molar-refractivity contribution is 5.96. The van der Waals surface area contributed by atoms with Crippen LogP contribution in [0.15, 0.2) is 36.0 Å². The van der Waals surface area contributed by atoms with Crippen molar-refractivity contribution in [2.75, 3.05) is 18.6 Å². The molecule has 2 rings (SSSR count). The molecular weight excluding hydrogens is 272 g/mol. The third kappa shape index (κ3) is 3.41. The first-order valence-electron chi connectivity index (χ1n) is 6.65. The monoisotopic (exact) mass is 290 g/mol. The van der Waals surface area contributed by atoms with E-state index in [0.717, 1.165) is 12.0 Å². The number of carboxylic acid groups (broad SMARTS) is 1. The molecule has 2 amide bonds. The lowest BCUT2D eigenvalue weighted by atomic mass is 10.0. The van der Waals surface area contributed by atoms with E-state index in [1.807, 2.05) is 6.92 Å². The summed E-state index contributed by atoms with van der Waals surface area (Å²) in [6.07, 6.45) is 2.51. The highest BCUT2D eigenvalue weighted by atomic mass is 16.5. The number of carboxylic acids is 1. The maximum Gasteiger partial charge on any atom is 0.335 e. The number of urea groups is 1. The molecule has 0 radical (unpaired) electrons. The van der Waals surface area contributed by atoms with Crippen LogP contribution in [0.2, 0.25) is 0 Å². The topological polar surface area (TPSA) is 78.9 Å². The number of hydrogen-bond donors (Lipinski definition) is 2. The Morgan fingerprint density at radius 3 is 2.62 bits per heavy atom. The summed E-state index contributed by atoms with van der Waals surface area (Å²) in [5.41, 5.74) is 1.87. The first-order chi connectivity index (χ1) is 10.0. The van der Waals surface area contributed by atoms with E-state index in [9.17, 15) is 9.59 Å². The van der Waals surface area contributed by atoms with Crippen LogP contribution in [-0.4, -0.2) is 36.9 Å². The van der Waals surface area contributed by atoms with Crippen molar-refractivity contribution >= 4 is 17.7 Å². The Morgan fingerprint density at radius 2 is 2.05 bits per heavy atom. The Bertz CT molecular complexity index is 566. The summed E-state index contributed by atoms with van der Waals surface area (Å²) < 4.78 is 5.07. The van der Waals surface area contributed by atoms with Crippen LogP contribution in [-0.2, 0) is 4.74 Å². The first kappa shape index (κ1) is 15.1. The van der Waals surface area contributed by atoms with E-state index in [2.05, 4.69) is 5.32 Å². The number of rotatable bonds is 5. The van der Waals surface area contributed by atoms with Crippen molar-refractivity contribution in [3.05, 3.63) is 41.6 Å². The predicted molar refractivity (Wildman–Crippen MR) is 78.5 cm³/mol. The largest absolute Gasteiger partial charge is 0.478 e. The van der Waals surface area contributed by atoms with E-state index < -0.39 is 5.97 Å². The fourth-order valence-corrected chi connectivity index (χ4v) is 2.14. The fraction of sp³-hybridized carbons (Fsp3) is 0.333. The van der Waals surface area contributed by atoms with E-state index >= 15 is 0 Å². The van der Waals surface area contributed by atoms with Gasteiger partial charge in [0.1, 0.15) is 0 Å². The SMILES string of the molecule is COCCC1=CN(c2ccc(C(=O)O)cc2)C(=O)N[C@@H]1C. The molecule has 1 aliphatic rings. The highest BCUT2D eigenvalue weighted by Crippen LogP contribution is 2.22. The molecule has 2 N–H and O–H groups in total. The summed E-state index contributed by atoms with van der Waals surface area (Å²) in [5.74, 6) is -0.991. The van der Waals surface area contributed by atoms with Gasteiger partial charge in [-0.3, -0.25) is 4.90 Å². The lowest BCUT2D eigenvalue weighted by Gasteiger charge is -2.30. The third-order valence-electron chi connectivity index (χ3n) is 3.40. The van der Waals surface area contributed by atoms with Crippen LogP contribution in [0.25, 0.3) is 0 Å². The van der Waals surface area contributed by atoms with E-state index in [4.69, 9.17) is 9.84 Å². The van der Waals surface area contributed by atoms with E-state index in [0.29, 0.717) is 12.3 Å². The first-order valence-corrected chi connectivity index (χ1v) is 6.65. The molecule has 21 heavy (non-hydrogen) atoms. The quantitative estimate of drug-likeness (QED) is 0.871. The van der Waals surface area contributed by atoms with Crippen LogP contribution in [0.3, 0.4) is 0 Å². The van der Waals surface area contributed by atoms with Gasteiger partial charge in [0.05, 0.1) is 23.9 Å². The molecule has 0 bridgehead atoms. The lowest BCUT2D eigenvalue weighted by Crippen LogP contribution is -2.47. The van der Waals surface area contributed by atoms with Crippen molar-refractivity contribution in [2.45, 2.75) is 19.4 Å². The van der Waals surface area contributed by atoms with Crippen molar-refractivity contribution < 1.29 is 19.4 Å². The second-order valence-electron chi connectivity index (χ2n) is 4.84. The van der Waals surface area contributed by atoms with Crippen molar-refractivity contribution in [1.29, 1.82) is 0 Å². The average Bonchev–Trinajstić information content (AvgIpc) is 2.46. The van der Waals surface area contributed by atoms with Crippen LogP contribution < -0.4 is 10.2 Å². The molecule has 1 aromatic carbocycles. The minimum atomic E-state index is -0.991. The van der Waals surface area contributed by atoms with E-state index in [1.165, 1.54) is 17.0 Å². The smallest absolute Gasteiger partial charge is 0.335 e. The number of nitrogens with zero attached hydrogens (tertiary/aromatic N) is 1. The molecule has 0 saturated carbocycles. The van der Waals surface area contributed by atoms with Gasteiger partial charge in [0, 0.05) is 13.3 Å². The molecule has 1 aromatic rings. The number of benzene rings is 1. The maximum absolute atomic E-state index is 12.1. The molecule has 0 aromatic heterocycles. The zero-order chi connectivity index (χ0) is 15.4. The number of hydrogen-bond acceptors (Lipinski definition) is 3. The lowest BCUT2D eigenvalue weighted by molar-refractivity contribution is 0.0697. The Hall–Kier alpha value is -2.34. The number of ether oxygens (including phenoxy) is 1. The van der Waals surface area contributed by atoms with Gasteiger partial charge in [0.25, 0.3) is 0 Å². The minimum absolute atomic E-state index is 0.0396. The number of amides is 2. The Labute approximate surface area is 123 Å². The van der Waals surface area contributed by atoms with Crippen LogP contribution in [0, 0.1) is 0 Å². The van der Waals surface area contributed by atoms with Gasteiger partial charge in [0.15, 0.2) is 0 Å². The molecule has 0 unspecified atom stereocenters. The molecule has 0 fully saturated rings. The van der Waals surface area contributed by atoms with E-state index in [-0.39, 0.29) is 17.6 Å². The number of aromatic carboxylic acids is 1. The van der Waals surface area contributed by atoms with Crippen LogP contribution >= 0.6 is 0 Å². The Kier molecular flexibility index (Phi) is 4.59. The van der Waals surface area contributed by atoms with Gasteiger partial charge in [-0.15, -0.1) is 0 Å². The summed E-state index contributed by atoms with van der Waals surface area (Å²) in [7, 11) is 1.63. The second kappa shape index (κ2) is 6.41. The molecule has 1 heterocycles. The van der Waals surface area contributed by atoms with Gasteiger partial charge in [-0.1, -0.05) is 0 Å². The fourth-order valence-electron chi connectivity index (χ4n) is 2.14. The summed E-state index contributed by atoms with van der Waals surface area (Å²) >= 11 is 0. The van der Waals surface area contributed by atoms with Gasteiger partial charge in [0.2, 0.25) is 0 Å². The number of anilines is 1. The molecule has 112 valence electrons. The summed E-state index contributed by atoms with van der Waals surface area (Å²) in [4.78, 5) is 24.4. The predicted octanol–water partition coefficient (Wildman–Crippen LogP) is 2.22. The average molecular weight is 290 g/mol.